The minimum atomic E-state index is -0.989. The molecule has 0 aromatic heterocycles. The van der Waals surface area contributed by atoms with Crippen LogP contribution in [0.3, 0.4) is 0 Å². The van der Waals surface area contributed by atoms with Crippen LogP contribution in [0.1, 0.15) is 11.1 Å². The van der Waals surface area contributed by atoms with Gasteiger partial charge in [-0.15, -0.1) is 0 Å². The molecule has 2 rings (SSSR count). The zero-order valence-corrected chi connectivity index (χ0v) is 11.8. The smallest absolute Gasteiger partial charge is 0.243 e. The Kier molecular flexibility index (Phi) is 4.52. The number of amides is 1. The number of nitrogens with one attached hydrogen (secondary N) is 2. The zero-order chi connectivity index (χ0) is 15.4. The monoisotopic (exact) mass is 290 g/mol. The molecule has 0 heterocycles. The summed E-state index contributed by atoms with van der Waals surface area (Å²) in [7, 11) is 0. The molecule has 3 nitrogen and oxygen atoms in total. The van der Waals surface area contributed by atoms with Gasteiger partial charge in [-0.05, 0) is 49.2 Å². The van der Waals surface area contributed by atoms with E-state index < -0.39 is 11.6 Å². The van der Waals surface area contributed by atoms with E-state index in [1.54, 1.807) is 6.07 Å². The molecule has 0 radical (unpaired) electrons. The van der Waals surface area contributed by atoms with E-state index in [9.17, 15) is 13.6 Å². The average molecular weight is 290 g/mol. The Bertz CT molecular complexity index is 671. The maximum atomic E-state index is 13.4. The summed E-state index contributed by atoms with van der Waals surface area (Å²) in [6, 6.07) is 9.34. The van der Waals surface area contributed by atoms with E-state index >= 15 is 0 Å². The minimum Gasteiger partial charge on any atom is -0.374 e. The normalized spacial score (nSPS) is 10.3. The highest BCUT2D eigenvalue weighted by Crippen LogP contribution is 2.17. The van der Waals surface area contributed by atoms with Crippen LogP contribution in [0.15, 0.2) is 36.4 Å². The third kappa shape index (κ3) is 3.78. The van der Waals surface area contributed by atoms with E-state index in [4.69, 9.17) is 0 Å². The topological polar surface area (TPSA) is 41.1 Å². The molecule has 2 aromatic carbocycles. The molecule has 0 aliphatic rings. The number of rotatable bonds is 4. The molecule has 110 valence electrons. The summed E-state index contributed by atoms with van der Waals surface area (Å²) in [4.78, 5) is 11.8. The van der Waals surface area contributed by atoms with Crippen LogP contribution in [0, 0.1) is 25.5 Å². The summed E-state index contributed by atoms with van der Waals surface area (Å²) in [5, 5.41) is 5.27. The second-order valence-corrected chi connectivity index (χ2v) is 4.80. The van der Waals surface area contributed by atoms with Crippen LogP contribution in [0.4, 0.5) is 20.2 Å². The van der Waals surface area contributed by atoms with E-state index in [1.165, 1.54) is 12.1 Å². The van der Waals surface area contributed by atoms with Crippen LogP contribution >= 0.6 is 0 Å². The Balaban J connectivity index is 1.96. The van der Waals surface area contributed by atoms with Crippen LogP contribution in [0.2, 0.25) is 0 Å². The number of hydrogen-bond donors (Lipinski definition) is 2. The Morgan fingerprint density at radius 1 is 1.10 bits per heavy atom. The average Bonchev–Trinajstić information content (AvgIpc) is 2.44. The van der Waals surface area contributed by atoms with Crippen molar-refractivity contribution in [3.8, 4) is 0 Å². The molecule has 0 bridgehead atoms. The molecule has 2 aromatic rings. The SMILES string of the molecule is Cc1ccc(NC(=O)CNc2cccc(F)c2F)cc1C. The number of carbonyl (C=O) groups excluding carboxylic acids is 1. The minimum absolute atomic E-state index is 0.0368. The van der Waals surface area contributed by atoms with Crippen molar-refractivity contribution in [2.24, 2.45) is 0 Å². The van der Waals surface area contributed by atoms with E-state index in [2.05, 4.69) is 10.6 Å². The van der Waals surface area contributed by atoms with Crippen LogP contribution in [0.25, 0.3) is 0 Å². The molecule has 21 heavy (non-hydrogen) atoms. The molecular weight excluding hydrogens is 274 g/mol. The largest absolute Gasteiger partial charge is 0.374 e. The van der Waals surface area contributed by atoms with Crippen molar-refractivity contribution in [3.63, 3.8) is 0 Å². The third-order valence-electron chi connectivity index (χ3n) is 3.18. The number of aryl methyl sites for hydroxylation is 2. The van der Waals surface area contributed by atoms with Crippen LogP contribution in [-0.2, 0) is 4.79 Å². The molecule has 1 amide bonds. The van der Waals surface area contributed by atoms with Gasteiger partial charge in [-0.25, -0.2) is 8.78 Å². The lowest BCUT2D eigenvalue weighted by atomic mass is 10.1. The van der Waals surface area contributed by atoms with Gasteiger partial charge in [0.05, 0.1) is 12.2 Å². The molecule has 5 heteroatoms. The predicted octanol–water partition coefficient (Wildman–Crippen LogP) is 3.63. The molecule has 2 N–H and O–H groups in total. The molecular formula is C16H16F2N2O. The summed E-state index contributed by atoms with van der Waals surface area (Å²) in [6.45, 7) is 3.79. The lowest BCUT2D eigenvalue weighted by Crippen LogP contribution is -2.22. The van der Waals surface area contributed by atoms with Gasteiger partial charge in [0.15, 0.2) is 11.6 Å². The van der Waals surface area contributed by atoms with Crippen molar-refractivity contribution in [3.05, 3.63) is 59.2 Å². The molecule has 0 aliphatic heterocycles. The third-order valence-corrected chi connectivity index (χ3v) is 3.18. The quantitative estimate of drug-likeness (QED) is 0.902. The Hall–Kier alpha value is -2.43. The van der Waals surface area contributed by atoms with Crippen molar-refractivity contribution < 1.29 is 13.6 Å². The first-order chi connectivity index (χ1) is 9.97. The van der Waals surface area contributed by atoms with Gasteiger partial charge in [0.25, 0.3) is 0 Å². The molecule has 0 spiro atoms. The molecule has 0 saturated heterocycles. The van der Waals surface area contributed by atoms with Crippen molar-refractivity contribution >= 4 is 17.3 Å². The number of anilines is 2. The second-order valence-electron chi connectivity index (χ2n) is 4.80. The van der Waals surface area contributed by atoms with Crippen molar-refractivity contribution in [2.45, 2.75) is 13.8 Å². The van der Waals surface area contributed by atoms with Crippen molar-refractivity contribution in [2.75, 3.05) is 17.2 Å². The highest BCUT2D eigenvalue weighted by Gasteiger charge is 2.09. The molecule has 0 fully saturated rings. The Morgan fingerprint density at radius 3 is 2.57 bits per heavy atom. The van der Waals surface area contributed by atoms with Crippen LogP contribution in [0.5, 0.6) is 0 Å². The maximum absolute atomic E-state index is 13.4. The number of hydrogen-bond acceptors (Lipinski definition) is 2. The Morgan fingerprint density at radius 2 is 1.86 bits per heavy atom. The molecule has 0 atom stereocenters. The van der Waals surface area contributed by atoms with Crippen molar-refractivity contribution in [1.29, 1.82) is 0 Å². The molecule has 0 aliphatic carbocycles. The fraction of sp³-hybridized carbons (Fsp3) is 0.188. The number of halogens is 2. The zero-order valence-electron chi connectivity index (χ0n) is 11.8. The number of carbonyl (C=O) groups is 1. The Labute approximate surface area is 122 Å². The van der Waals surface area contributed by atoms with Crippen molar-refractivity contribution in [1.82, 2.24) is 0 Å². The standard InChI is InChI=1S/C16H16F2N2O/c1-10-6-7-12(8-11(10)2)20-15(21)9-19-14-5-3-4-13(17)16(14)18/h3-8,19H,9H2,1-2H3,(H,20,21). The van der Waals surface area contributed by atoms with Gasteiger partial charge in [-0.1, -0.05) is 12.1 Å². The lowest BCUT2D eigenvalue weighted by molar-refractivity contribution is -0.114. The van der Waals surface area contributed by atoms with Gasteiger partial charge in [-0.2, -0.15) is 0 Å². The van der Waals surface area contributed by atoms with Crippen LogP contribution < -0.4 is 10.6 Å². The van der Waals surface area contributed by atoms with Gasteiger partial charge < -0.3 is 10.6 Å². The van der Waals surface area contributed by atoms with E-state index in [-0.39, 0.29) is 18.1 Å². The lowest BCUT2D eigenvalue weighted by Gasteiger charge is -2.10. The first-order valence-corrected chi connectivity index (χ1v) is 6.52. The summed E-state index contributed by atoms with van der Waals surface area (Å²) >= 11 is 0. The summed E-state index contributed by atoms with van der Waals surface area (Å²) in [6.07, 6.45) is 0. The van der Waals surface area contributed by atoms with E-state index in [1.807, 2.05) is 26.0 Å². The van der Waals surface area contributed by atoms with Gasteiger partial charge in [0.1, 0.15) is 0 Å². The van der Waals surface area contributed by atoms with E-state index in [0.29, 0.717) is 5.69 Å². The first kappa shape index (κ1) is 15.0. The second kappa shape index (κ2) is 6.35. The summed E-state index contributed by atoms with van der Waals surface area (Å²) in [5.41, 5.74) is 2.83. The highest BCUT2D eigenvalue weighted by atomic mass is 19.2. The number of benzene rings is 2. The predicted molar refractivity (Wildman–Crippen MR) is 79.4 cm³/mol. The fourth-order valence-corrected chi connectivity index (χ4v) is 1.84. The van der Waals surface area contributed by atoms with Gasteiger partial charge in [0, 0.05) is 5.69 Å². The van der Waals surface area contributed by atoms with Gasteiger partial charge >= 0.3 is 0 Å². The summed E-state index contributed by atoms with van der Waals surface area (Å²) in [5.74, 6) is -2.27. The van der Waals surface area contributed by atoms with E-state index in [0.717, 1.165) is 17.2 Å². The van der Waals surface area contributed by atoms with Crippen LogP contribution in [-0.4, -0.2) is 12.5 Å². The fourth-order valence-electron chi connectivity index (χ4n) is 1.84. The maximum Gasteiger partial charge on any atom is 0.243 e. The van der Waals surface area contributed by atoms with Gasteiger partial charge in [0.2, 0.25) is 5.91 Å². The molecule has 0 saturated carbocycles. The first-order valence-electron chi connectivity index (χ1n) is 6.52. The highest BCUT2D eigenvalue weighted by molar-refractivity contribution is 5.93. The summed E-state index contributed by atoms with van der Waals surface area (Å²) < 4.78 is 26.4. The van der Waals surface area contributed by atoms with Gasteiger partial charge in [-0.3, -0.25) is 4.79 Å². The molecule has 0 unspecified atom stereocenters.